The van der Waals surface area contributed by atoms with Gasteiger partial charge in [-0.2, -0.15) is 0 Å². The van der Waals surface area contributed by atoms with Crippen LogP contribution in [-0.4, -0.2) is 22.0 Å². The predicted octanol–water partition coefficient (Wildman–Crippen LogP) is 1.91. The van der Waals surface area contributed by atoms with Gasteiger partial charge in [0.05, 0.1) is 6.33 Å². The van der Waals surface area contributed by atoms with Crippen molar-refractivity contribution >= 4 is 11.6 Å². The predicted molar refractivity (Wildman–Crippen MR) is 82.4 cm³/mol. The van der Waals surface area contributed by atoms with Gasteiger partial charge in [0.15, 0.2) is 0 Å². The summed E-state index contributed by atoms with van der Waals surface area (Å²) >= 11 is 0. The lowest BCUT2D eigenvalue weighted by Gasteiger charge is -2.23. The molecule has 2 aromatic rings. The second kappa shape index (κ2) is 6.35. The van der Waals surface area contributed by atoms with Crippen molar-refractivity contribution in [2.45, 2.75) is 27.3 Å². The molecule has 0 aliphatic carbocycles. The Bertz CT molecular complexity index is 707. The minimum Gasteiger partial charge on any atom is -0.311 e. The average molecular weight is 285 g/mol. The summed E-state index contributed by atoms with van der Waals surface area (Å²) in [4.78, 5) is 30.1. The number of anilines is 1. The van der Waals surface area contributed by atoms with Crippen LogP contribution >= 0.6 is 0 Å². The third-order valence-electron chi connectivity index (χ3n) is 3.35. The molecule has 0 aliphatic heterocycles. The number of amides is 1. The molecule has 1 aromatic heterocycles. The van der Waals surface area contributed by atoms with Gasteiger partial charge in [-0.25, -0.2) is 4.98 Å². The number of carbonyl (C=O) groups is 1. The first-order valence-electron chi connectivity index (χ1n) is 6.92. The maximum Gasteiger partial charge on any atom is 0.253 e. The Morgan fingerprint density at radius 2 is 2.00 bits per heavy atom. The van der Waals surface area contributed by atoms with Gasteiger partial charge < -0.3 is 4.90 Å². The zero-order chi connectivity index (χ0) is 15.4. The maximum atomic E-state index is 12.5. The summed E-state index contributed by atoms with van der Waals surface area (Å²) in [7, 11) is 0. The third-order valence-corrected chi connectivity index (χ3v) is 3.35. The molecule has 0 radical (unpaired) electrons. The Kier molecular flexibility index (Phi) is 4.52. The van der Waals surface area contributed by atoms with E-state index in [0.29, 0.717) is 12.2 Å². The number of hydrogen-bond donors (Lipinski definition) is 0. The van der Waals surface area contributed by atoms with Gasteiger partial charge in [-0.3, -0.25) is 14.2 Å². The van der Waals surface area contributed by atoms with E-state index in [1.54, 1.807) is 11.8 Å². The van der Waals surface area contributed by atoms with E-state index in [0.717, 1.165) is 11.3 Å². The first-order valence-corrected chi connectivity index (χ1v) is 6.92. The van der Waals surface area contributed by atoms with E-state index in [9.17, 15) is 9.59 Å². The fraction of sp³-hybridized carbons (Fsp3) is 0.312. The Morgan fingerprint density at radius 3 is 2.62 bits per heavy atom. The lowest BCUT2D eigenvalue weighted by atomic mass is 10.2. The number of likely N-dealkylation sites (N-methyl/N-ethyl adjacent to an activating group) is 1. The Balaban J connectivity index is 2.25. The monoisotopic (exact) mass is 285 g/mol. The molecular formula is C16H19N3O2. The molecule has 0 spiro atoms. The standard InChI is InChI=1S/C16H19N3O2/c1-4-19(14-8-6-5-7-12(14)2)16(21)10-18-11-17-13(3)9-15(18)20/h5-9,11H,4,10H2,1-3H3. The van der Waals surface area contributed by atoms with Crippen molar-refractivity contribution in [1.29, 1.82) is 0 Å². The zero-order valence-corrected chi connectivity index (χ0v) is 12.5. The first-order chi connectivity index (χ1) is 10.0. The van der Waals surface area contributed by atoms with Crippen molar-refractivity contribution in [1.82, 2.24) is 9.55 Å². The van der Waals surface area contributed by atoms with Crippen LogP contribution in [0.3, 0.4) is 0 Å². The van der Waals surface area contributed by atoms with Gasteiger partial charge in [-0.15, -0.1) is 0 Å². The lowest BCUT2D eigenvalue weighted by Crippen LogP contribution is -2.36. The number of carbonyl (C=O) groups excluding carboxylic acids is 1. The normalized spacial score (nSPS) is 10.4. The van der Waals surface area contributed by atoms with Crippen LogP contribution in [0.25, 0.3) is 0 Å². The molecule has 0 N–H and O–H groups in total. The Labute approximate surface area is 123 Å². The molecule has 0 fully saturated rings. The minimum absolute atomic E-state index is 0.00567. The molecule has 0 atom stereocenters. The van der Waals surface area contributed by atoms with E-state index in [1.807, 2.05) is 38.1 Å². The summed E-state index contributed by atoms with van der Waals surface area (Å²) in [5.41, 5.74) is 2.34. The highest BCUT2D eigenvalue weighted by atomic mass is 16.2. The van der Waals surface area contributed by atoms with Gasteiger partial charge in [0, 0.05) is 24.0 Å². The summed E-state index contributed by atoms with van der Waals surface area (Å²) in [5.74, 6) is -0.125. The lowest BCUT2D eigenvalue weighted by molar-refractivity contribution is -0.119. The van der Waals surface area contributed by atoms with Crippen LogP contribution in [0, 0.1) is 13.8 Å². The second-order valence-electron chi connectivity index (χ2n) is 4.92. The van der Waals surface area contributed by atoms with Crippen LogP contribution in [0.4, 0.5) is 5.69 Å². The highest BCUT2D eigenvalue weighted by molar-refractivity contribution is 5.93. The molecule has 5 heteroatoms. The highest BCUT2D eigenvalue weighted by Gasteiger charge is 2.16. The number of hydrogen-bond acceptors (Lipinski definition) is 3. The van der Waals surface area contributed by atoms with Crippen LogP contribution in [-0.2, 0) is 11.3 Å². The molecule has 1 heterocycles. The van der Waals surface area contributed by atoms with Crippen LogP contribution < -0.4 is 10.5 Å². The van der Waals surface area contributed by atoms with E-state index < -0.39 is 0 Å². The Morgan fingerprint density at radius 1 is 1.29 bits per heavy atom. The summed E-state index contributed by atoms with van der Waals surface area (Å²) in [5, 5.41) is 0. The first kappa shape index (κ1) is 15.0. The number of aryl methyl sites for hydroxylation is 2. The number of rotatable bonds is 4. The minimum atomic E-state index is -0.211. The largest absolute Gasteiger partial charge is 0.311 e. The zero-order valence-electron chi connectivity index (χ0n) is 12.5. The van der Waals surface area contributed by atoms with E-state index in [-0.39, 0.29) is 18.0 Å². The average Bonchev–Trinajstić information content (AvgIpc) is 2.45. The molecule has 110 valence electrons. The third kappa shape index (κ3) is 3.37. The molecule has 0 aliphatic rings. The second-order valence-corrected chi connectivity index (χ2v) is 4.92. The number of aromatic nitrogens is 2. The van der Waals surface area contributed by atoms with Crippen LogP contribution in [0.15, 0.2) is 41.5 Å². The van der Waals surface area contributed by atoms with Gasteiger partial charge in [0.25, 0.3) is 5.56 Å². The molecule has 1 amide bonds. The highest BCUT2D eigenvalue weighted by Crippen LogP contribution is 2.19. The molecular weight excluding hydrogens is 266 g/mol. The van der Waals surface area contributed by atoms with Crippen molar-refractivity contribution in [2.75, 3.05) is 11.4 Å². The SMILES string of the molecule is CCN(C(=O)Cn1cnc(C)cc1=O)c1ccccc1C. The van der Waals surface area contributed by atoms with Crippen molar-refractivity contribution in [2.24, 2.45) is 0 Å². The van der Waals surface area contributed by atoms with Crippen molar-refractivity contribution in [3.63, 3.8) is 0 Å². The molecule has 2 rings (SSSR count). The van der Waals surface area contributed by atoms with Crippen molar-refractivity contribution < 1.29 is 4.79 Å². The number of nitrogens with zero attached hydrogens (tertiary/aromatic N) is 3. The van der Waals surface area contributed by atoms with Crippen LogP contribution in [0.2, 0.25) is 0 Å². The molecule has 1 aromatic carbocycles. The van der Waals surface area contributed by atoms with E-state index in [4.69, 9.17) is 0 Å². The maximum absolute atomic E-state index is 12.5. The van der Waals surface area contributed by atoms with E-state index >= 15 is 0 Å². The molecule has 0 saturated carbocycles. The topological polar surface area (TPSA) is 55.2 Å². The summed E-state index contributed by atoms with van der Waals surface area (Å²) in [6, 6.07) is 9.14. The molecule has 0 bridgehead atoms. The van der Waals surface area contributed by atoms with Crippen LogP contribution in [0.5, 0.6) is 0 Å². The van der Waals surface area contributed by atoms with Gasteiger partial charge in [-0.05, 0) is 32.4 Å². The molecule has 0 saturated heterocycles. The van der Waals surface area contributed by atoms with Gasteiger partial charge in [-0.1, -0.05) is 18.2 Å². The van der Waals surface area contributed by atoms with Crippen molar-refractivity contribution in [3.8, 4) is 0 Å². The smallest absolute Gasteiger partial charge is 0.253 e. The quantitative estimate of drug-likeness (QED) is 0.862. The van der Waals surface area contributed by atoms with E-state index in [1.165, 1.54) is 17.0 Å². The summed E-state index contributed by atoms with van der Waals surface area (Å²) < 4.78 is 1.33. The molecule has 5 nitrogen and oxygen atoms in total. The van der Waals surface area contributed by atoms with Gasteiger partial charge >= 0.3 is 0 Å². The number of para-hydroxylation sites is 1. The molecule has 21 heavy (non-hydrogen) atoms. The molecule has 0 unspecified atom stereocenters. The number of benzene rings is 1. The fourth-order valence-electron chi connectivity index (χ4n) is 2.21. The fourth-order valence-corrected chi connectivity index (χ4v) is 2.21. The summed E-state index contributed by atoms with van der Waals surface area (Å²) in [6.07, 6.45) is 1.42. The van der Waals surface area contributed by atoms with Crippen molar-refractivity contribution in [3.05, 3.63) is 58.3 Å². The van der Waals surface area contributed by atoms with Gasteiger partial charge in [0.2, 0.25) is 5.91 Å². The van der Waals surface area contributed by atoms with E-state index in [2.05, 4.69) is 4.98 Å². The van der Waals surface area contributed by atoms with Crippen LogP contribution in [0.1, 0.15) is 18.2 Å². The Hall–Kier alpha value is -2.43. The summed E-state index contributed by atoms with van der Waals surface area (Å²) in [6.45, 7) is 6.18. The van der Waals surface area contributed by atoms with Gasteiger partial charge in [0.1, 0.15) is 6.54 Å².